The van der Waals surface area contributed by atoms with E-state index in [-0.39, 0.29) is 17.6 Å². The van der Waals surface area contributed by atoms with Gasteiger partial charge in [0.2, 0.25) is 10.0 Å². The highest BCUT2D eigenvalue weighted by Gasteiger charge is 2.22. The van der Waals surface area contributed by atoms with Gasteiger partial charge < -0.3 is 9.84 Å². The molecule has 2 N–H and O–H groups in total. The van der Waals surface area contributed by atoms with E-state index in [4.69, 9.17) is 9.84 Å². The molecule has 0 aliphatic carbocycles. The zero-order chi connectivity index (χ0) is 14.6. The van der Waals surface area contributed by atoms with Gasteiger partial charge in [-0.2, -0.15) is 0 Å². The largest absolute Gasteiger partial charge is 0.392 e. The zero-order valence-corrected chi connectivity index (χ0v) is 12.4. The predicted octanol–water partition coefficient (Wildman–Crippen LogP) is 1.20. The van der Waals surface area contributed by atoms with Crippen LogP contribution in [0.4, 0.5) is 0 Å². The summed E-state index contributed by atoms with van der Waals surface area (Å²) >= 11 is 0. The van der Waals surface area contributed by atoms with Crippen molar-refractivity contribution in [2.45, 2.75) is 43.8 Å². The average Bonchev–Trinajstić information content (AvgIpc) is 2.98. The molecule has 1 aliphatic rings. The number of hydrogen-bond donors (Lipinski definition) is 2. The summed E-state index contributed by atoms with van der Waals surface area (Å²) in [7, 11) is -3.56. The molecule has 0 saturated carbocycles. The van der Waals surface area contributed by atoms with Gasteiger partial charge in [-0.3, -0.25) is 0 Å². The van der Waals surface area contributed by atoms with Crippen molar-refractivity contribution in [1.82, 2.24) is 4.72 Å². The van der Waals surface area contributed by atoms with Crippen LogP contribution in [0.2, 0.25) is 0 Å². The van der Waals surface area contributed by atoms with Crippen LogP contribution in [0.15, 0.2) is 23.1 Å². The van der Waals surface area contributed by atoms with E-state index in [0.717, 1.165) is 18.4 Å². The van der Waals surface area contributed by atoms with Crippen LogP contribution in [0.5, 0.6) is 0 Å². The number of aliphatic hydroxyl groups excluding tert-OH is 1. The van der Waals surface area contributed by atoms with Crippen molar-refractivity contribution in [2.75, 3.05) is 13.2 Å². The first-order valence-corrected chi connectivity index (χ1v) is 8.39. The summed E-state index contributed by atoms with van der Waals surface area (Å²) in [6.07, 6.45) is 2.46. The van der Waals surface area contributed by atoms with Gasteiger partial charge in [0.05, 0.1) is 17.6 Å². The van der Waals surface area contributed by atoms with Crippen LogP contribution in [-0.2, 0) is 27.8 Å². The highest BCUT2D eigenvalue weighted by atomic mass is 32.2. The lowest BCUT2D eigenvalue weighted by Gasteiger charge is -2.14. The SMILES string of the molecule is CCc1ccc(CO)cc1S(=O)(=O)NCC1CCCO1. The third-order valence-electron chi connectivity index (χ3n) is 3.51. The minimum absolute atomic E-state index is 0.0316. The molecule has 1 saturated heterocycles. The number of aryl methyl sites for hydroxylation is 1. The molecular formula is C14H21NO4S. The third kappa shape index (κ3) is 3.58. The Labute approximate surface area is 120 Å². The lowest BCUT2D eigenvalue weighted by atomic mass is 10.1. The molecule has 5 nitrogen and oxygen atoms in total. The van der Waals surface area contributed by atoms with E-state index in [9.17, 15) is 8.42 Å². The van der Waals surface area contributed by atoms with Crippen molar-refractivity contribution in [1.29, 1.82) is 0 Å². The Hall–Kier alpha value is -0.950. The number of sulfonamides is 1. The van der Waals surface area contributed by atoms with E-state index in [1.165, 1.54) is 6.07 Å². The molecule has 0 radical (unpaired) electrons. The summed E-state index contributed by atoms with van der Waals surface area (Å²) in [5, 5.41) is 9.16. The summed E-state index contributed by atoms with van der Waals surface area (Å²) in [5.74, 6) is 0. The van der Waals surface area contributed by atoms with Gasteiger partial charge in [0, 0.05) is 13.2 Å². The molecule has 0 spiro atoms. The Morgan fingerprint density at radius 3 is 2.85 bits per heavy atom. The maximum atomic E-state index is 12.4. The van der Waals surface area contributed by atoms with Crippen LogP contribution >= 0.6 is 0 Å². The second-order valence-corrected chi connectivity index (χ2v) is 6.68. The fraction of sp³-hybridized carbons (Fsp3) is 0.571. The van der Waals surface area contributed by atoms with Gasteiger partial charge >= 0.3 is 0 Å². The van der Waals surface area contributed by atoms with E-state index in [1.54, 1.807) is 12.1 Å². The smallest absolute Gasteiger partial charge is 0.240 e. The Morgan fingerprint density at radius 2 is 2.25 bits per heavy atom. The molecule has 0 amide bonds. The molecule has 0 aromatic heterocycles. The zero-order valence-electron chi connectivity index (χ0n) is 11.6. The minimum atomic E-state index is -3.56. The van der Waals surface area contributed by atoms with E-state index >= 15 is 0 Å². The normalized spacial score (nSPS) is 19.4. The number of aliphatic hydroxyl groups is 1. The Kier molecular flexibility index (Phi) is 5.15. The van der Waals surface area contributed by atoms with Gasteiger partial charge in [0.25, 0.3) is 0 Å². The van der Waals surface area contributed by atoms with Crippen LogP contribution in [-0.4, -0.2) is 32.8 Å². The van der Waals surface area contributed by atoms with E-state index in [0.29, 0.717) is 25.1 Å². The topological polar surface area (TPSA) is 75.6 Å². The molecular weight excluding hydrogens is 278 g/mol. The molecule has 0 bridgehead atoms. The molecule has 1 aromatic carbocycles. The maximum absolute atomic E-state index is 12.4. The van der Waals surface area contributed by atoms with Gasteiger partial charge in [-0.1, -0.05) is 19.1 Å². The van der Waals surface area contributed by atoms with Crippen LogP contribution in [0.25, 0.3) is 0 Å². The number of rotatable bonds is 6. The van der Waals surface area contributed by atoms with Gasteiger partial charge in [-0.15, -0.1) is 0 Å². The second kappa shape index (κ2) is 6.67. The van der Waals surface area contributed by atoms with Crippen molar-refractivity contribution in [3.05, 3.63) is 29.3 Å². The van der Waals surface area contributed by atoms with Crippen molar-refractivity contribution in [3.63, 3.8) is 0 Å². The fourth-order valence-corrected chi connectivity index (χ4v) is 3.75. The van der Waals surface area contributed by atoms with Gasteiger partial charge in [-0.05, 0) is 36.5 Å². The second-order valence-electron chi connectivity index (χ2n) is 4.94. The molecule has 1 fully saturated rings. The highest BCUT2D eigenvalue weighted by Crippen LogP contribution is 2.19. The van der Waals surface area contributed by atoms with Crippen molar-refractivity contribution >= 4 is 10.0 Å². The summed E-state index contributed by atoms with van der Waals surface area (Å²) in [6.45, 7) is 2.74. The first-order valence-electron chi connectivity index (χ1n) is 6.90. The Balaban J connectivity index is 2.18. The van der Waals surface area contributed by atoms with Crippen LogP contribution < -0.4 is 4.72 Å². The molecule has 112 valence electrons. The third-order valence-corrected chi connectivity index (χ3v) is 5.02. The predicted molar refractivity (Wildman–Crippen MR) is 75.9 cm³/mol. The summed E-state index contributed by atoms with van der Waals surface area (Å²) in [4.78, 5) is 0.254. The van der Waals surface area contributed by atoms with Crippen molar-refractivity contribution < 1.29 is 18.3 Å². The molecule has 20 heavy (non-hydrogen) atoms. The Morgan fingerprint density at radius 1 is 1.45 bits per heavy atom. The highest BCUT2D eigenvalue weighted by molar-refractivity contribution is 7.89. The van der Waals surface area contributed by atoms with Crippen LogP contribution in [0, 0.1) is 0 Å². The molecule has 1 heterocycles. The molecule has 2 rings (SSSR count). The summed E-state index contributed by atoms with van der Waals surface area (Å²) < 4.78 is 32.8. The van der Waals surface area contributed by atoms with E-state index in [1.807, 2.05) is 6.92 Å². The molecule has 1 aliphatic heterocycles. The van der Waals surface area contributed by atoms with Crippen molar-refractivity contribution in [3.8, 4) is 0 Å². The minimum Gasteiger partial charge on any atom is -0.392 e. The molecule has 1 aromatic rings. The molecule has 1 unspecified atom stereocenters. The first-order chi connectivity index (χ1) is 9.56. The lowest BCUT2D eigenvalue weighted by Crippen LogP contribution is -2.32. The van der Waals surface area contributed by atoms with Crippen LogP contribution in [0.3, 0.4) is 0 Å². The molecule has 1 atom stereocenters. The fourth-order valence-electron chi connectivity index (χ4n) is 2.33. The Bertz CT molecular complexity index is 550. The van der Waals surface area contributed by atoms with Gasteiger partial charge in [-0.25, -0.2) is 13.1 Å². The maximum Gasteiger partial charge on any atom is 0.240 e. The van der Waals surface area contributed by atoms with Gasteiger partial charge in [0.15, 0.2) is 0 Å². The lowest BCUT2D eigenvalue weighted by molar-refractivity contribution is 0.114. The first kappa shape index (κ1) is 15.4. The van der Waals surface area contributed by atoms with E-state index < -0.39 is 10.0 Å². The quantitative estimate of drug-likeness (QED) is 0.827. The average molecular weight is 299 g/mol. The number of hydrogen-bond acceptors (Lipinski definition) is 4. The van der Waals surface area contributed by atoms with Crippen molar-refractivity contribution in [2.24, 2.45) is 0 Å². The molecule has 6 heteroatoms. The number of nitrogens with one attached hydrogen (secondary N) is 1. The van der Waals surface area contributed by atoms with Gasteiger partial charge in [0.1, 0.15) is 0 Å². The van der Waals surface area contributed by atoms with E-state index in [2.05, 4.69) is 4.72 Å². The number of ether oxygens (including phenoxy) is 1. The summed E-state index contributed by atoms with van der Waals surface area (Å²) in [6, 6.07) is 5.04. The number of benzene rings is 1. The van der Waals surface area contributed by atoms with Crippen LogP contribution in [0.1, 0.15) is 30.9 Å². The summed E-state index contributed by atoms with van der Waals surface area (Å²) in [5.41, 5.74) is 1.35. The standard InChI is InChI=1S/C14H21NO4S/c1-2-12-6-5-11(10-16)8-14(12)20(17,18)15-9-13-4-3-7-19-13/h5-6,8,13,15-16H,2-4,7,9-10H2,1H3. The monoisotopic (exact) mass is 299 g/mol.